The van der Waals surface area contributed by atoms with Crippen molar-refractivity contribution in [2.45, 2.75) is 13.5 Å². The van der Waals surface area contributed by atoms with E-state index in [1.54, 1.807) is 6.07 Å². The summed E-state index contributed by atoms with van der Waals surface area (Å²) in [6.07, 6.45) is 0. The first-order valence-electron chi connectivity index (χ1n) is 6.09. The number of fused-ring (bicyclic) bond motifs is 1. The fraction of sp³-hybridized carbons (Fsp3) is 0.385. The fourth-order valence-electron chi connectivity index (χ4n) is 2.27. The van der Waals surface area contributed by atoms with E-state index in [1.807, 2.05) is 19.1 Å². The van der Waals surface area contributed by atoms with Gasteiger partial charge in [0.15, 0.2) is 0 Å². The van der Waals surface area contributed by atoms with Gasteiger partial charge in [-0.1, -0.05) is 11.6 Å². The van der Waals surface area contributed by atoms with Crippen molar-refractivity contribution in [2.75, 3.05) is 13.1 Å². The van der Waals surface area contributed by atoms with Crippen LogP contribution in [0.4, 0.5) is 0 Å². The largest absolute Gasteiger partial charge is 0.328 e. The van der Waals surface area contributed by atoms with E-state index < -0.39 is 0 Å². The maximum atomic E-state index is 12.3. The van der Waals surface area contributed by atoms with Gasteiger partial charge in [-0.05, 0) is 19.1 Å². The summed E-state index contributed by atoms with van der Waals surface area (Å²) >= 11 is 0. The van der Waals surface area contributed by atoms with Crippen LogP contribution in [0.2, 0.25) is 0 Å². The van der Waals surface area contributed by atoms with Crippen LogP contribution in [-0.2, 0) is 6.54 Å². The van der Waals surface area contributed by atoms with E-state index >= 15 is 0 Å². The third-order valence-corrected chi connectivity index (χ3v) is 3.44. The van der Waals surface area contributed by atoms with Gasteiger partial charge in [0.25, 0.3) is 5.56 Å². The number of nitrogens with zero attached hydrogens (tertiary/aromatic N) is 1. The van der Waals surface area contributed by atoms with Crippen molar-refractivity contribution in [3.63, 3.8) is 0 Å². The minimum Gasteiger partial charge on any atom is -0.316 e. The van der Waals surface area contributed by atoms with Gasteiger partial charge in [0.05, 0.1) is 10.9 Å². The molecule has 3 rings (SSSR count). The summed E-state index contributed by atoms with van der Waals surface area (Å²) in [5.41, 5.74) is 1.12. The Labute approximate surface area is 103 Å². The molecule has 1 fully saturated rings. The zero-order chi connectivity index (χ0) is 12.7. The Bertz CT molecular complexity index is 710. The molecule has 94 valence electrons. The zero-order valence-electron chi connectivity index (χ0n) is 10.2. The smallest absolute Gasteiger partial charge is 0.316 e. The maximum absolute atomic E-state index is 12.3. The van der Waals surface area contributed by atoms with Crippen LogP contribution in [0.5, 0.6) is 0 Å². The molecule has 18 heavy (non-hydrogen) atoms. The van der Waals surface area contributed by atoms with Crippen LogP contribution in [0.25, 0.3) is 10.9 Å². The molecular formula is C13H15N3O2. The quantitative estimate of drug-likeness (QED) is 0.795. The molecule has 0 bridgehead atoms. The summed E-state index contributed by atoms with van der Waals surface area (Å²) < 4.78 is 1.31. The Morgan fingerprint density at radius 3 is 2.78 bits per heavy atom. The van der Waals surface area contributed by atoms with Gasteiger partial charge in [-0.2, -0.15) is 0 Å². The van der Waals surface area contributed by atoms with Crippen LogP contribution in [0, 0.1) is 12.8 Å². The molecule has 0 amide bonds. The molecule has 0 atom stereocenters. The molecular weight excluding hydrogens is 230 g/mol. The highest BCUT2D eigenvalue weighted by Gasteiger charge is 2.19. The predicted molar refractivity (Wildman–Crippen MR) is 69.9 cm³/mol. The zero-order valence-corrected chi connectivity index (χ0v) is 10.2. The number of benzene rings is 1. The molecule has 2 N–H and O–H groups in total. The predicted octanol–water partition coefficient (Wildman–Crippen LogP) is 0.218. The Morgan fingerprint density at radius 1 is 1.33 bits per heavy atom. The molecule has 0 saturated carbocycles. The second-order valence-corrected chi connectivity index (χ2v) is 4.92. The van der Waals surface area contributed by atoms with E-state index in [9.17, 15) is 9.59 Å². The second kappa shape index (κ2) is 4.10. The van der Waals surface area contributed by atoms with Crippen molar-refractivity contribution < 1.29 is 0 Å². The summed E-state index contributed by atoms with van der Waals surface area (Å²) in [7, 11) is 0. The average Bonchev–Trinajstić information content (AvgIpc) is 2.28. The maximum Gasteiger partial charge on any atom is 0.328 e. The topological polar surface area (TPSA) is 66.9 Å². The molecule has 1 saturated heterocycles. The van der Waals surface area contributed by atoms with Gasteiger partial charge < -0.3 is 10.3 Å². The second-order valence-electron chi connectivity index (χ2n) is 4.92. The molecule has 1 aromatic carbocycles. The highest BCUT2D eigenvalue weighted by atomic mass is 16.2. The lowest BCUT2D eigenvalue weighted by molar-refractivity contribution is 0.299. The third-order valence-electron chi connectivity index (χ3n) is 3.44. The van der Waals surface area contributed by atoms with Gasteiger partial charge in [0.2, 0.25) is 0 Å². The number of aryl methyl sites for hydroxylation is 1. The summed E-state index contributed by atoms with van der Waals surface area (Å²) in [5, 5.41) is 3.72. The van der Waals surface area contributed by atoms with Crippen LogP contribution in [0.3, 0.4) is 0 Å². The Morgan fingerprint density at radius 2 is 2.11 bits per heavy atom. The minimum absolute atomic E-state index is 0.190. The molecule has 5 nitrogen and oxygen atoms in total. The van der Waals surface area contributed by atoms with Crippen LogP contribution < -0.4 is 16.6 Å². The van der Waals surface area contributed by atoms with Gasteiger partial charge in [-0.15, -0.1) is 0 Å². The van der Waals surface area contributed by atoms with Gasteiger partial charge in [-0.25, -0.2) is 4.79 Å². The highest BCUT2D eigenvalue weighted by Crippen LogP contribution is 2.09. The number of aromatic nitrogens is 2. The van der Waals surface area contributed by atoms with Gasteiger partial charge in [0, 0.05) is 25.6 Å². The van der Waals surface area contributed by atoms with Crippen LogP contribution in [-0.4, -0.2) is 22.6 Å². The van der Waals surface area contributed by atoms with Gasteiger partial charge in [0.1, 0.15) is 0 Å². The summed E-state index contributed by atoms with van der Waals surface area (Å²) in [5.74, 6) is 0.381. The number of nitrogens with one attached hydrogen (secondary N) is 2. The van der Waals surface area contributed by atoms with E-state index in [0.29, 0.717) is 23.4 Å². The molecule has 2 heterocycles. The molecule has 0 aliphatic carbocycles. The first-order chi connectivity index (χ1) is 8.65. The molecule has 2 aromatic rings. The number of hydrogen-bond donors (Lipinski definition) is 2. The van der Waals surface area contributed by atoms with E-state index in [-0.39, 0.29) is 11.2 Å². The number of hydrogen-bond acceptors (Lipinski definition) is 3. The van der Waals surface area contributed by atoms with Crippen LogP contribution in [0.1, 0.15) is 5.56 Å². The van der Waals surface area contributed by atoms with Crippen molar-refractivity contribution in [2.24, 2.45) is 5.92 Å². The summed E-state index contributed by atoms with van der Waals surface area (Å²) in [6, 6.07) is 5.49. The summed E-state index contributed by atoms with van der Waals surface area (Å²) in [6.45, 7) is 4.17. The molecule has 1 aliphatic heterocycles. The third kappa shape index (κ3) is 1.76. The molecule has 0 spiro atoms. The Balaban J connectivity index is 2.18. The first-order valence-corrected chi connectivity index (χ1v) is 6.09. The first kappa shape index (κ1) is 11.2. The lowest BCUT2D eigenvalue weighted by Crippen LogP contribution is -2.48. The van der Waals surface area contributed by atoms with Crippen molar-refractivity contribution in [1.29, 1.82) is 0 Å². The summed E-state index contributed by atoms with van der Waals surface area (Å²) in [4.78, 5) is 27.0. The minimum atomic E-state index is -0.316. The van der Waals surface area contributed by atoms with Gasteiger partial charge in [-0.3, -0.25) is 9.36 Å². The highest BCUT2D eigenvalue weighted by molar-refractivity contribution is 5.77. The van der Waals surface area contributed by atoms with E-state index in [0.717, 1.165) is 18.7 Å². The average molecular weight is 245 g/mol. The Kier molecular flexibility index (Phi) is 2.56. The SMILES string of the molecule is Cc1ccc2[nH]c(=O)n(CC3CNC3)c(=O)c2c1. The van der Waals surface area contributed by atoms with Crippen LogP contribution >= 0.6 is 0 Å². The number of rotatable bonds is 2. The molecule has 5 heteroatoms. The van der Waals surface area contributed by atoms with Crippen molar-refractivity contribution >= 4 is 10.9 Å². The van der Waals surface area contributed by atoms with E-state index in [4.69, 9.17) is 0 Å². The number of H-pyrrole nitrogens is 1. The lowest BCUT2D eigenvalue weighted by atomic mass is 10.0. The van der Waals surface area contributed by atoms with Crippen LogP contribution in [0.15, 0.2) is 27.8 Å². The van der Waals surface area contributed by atoms with Crippen molar-refractivity contribution in [3.05, 3.63) is 44.6 Å². The van der Waals surface area contributed by atoms with E-state index in [1.165, 1.54) is 4.57 Å². The fourth-order valence-corrected chi connectivity index (χ4v) is 2.27. The monoisotopic (exact) mass is 245 g/mol. The lowest BCUT2D eigenvalue weighted by Gasteiger charge is -2.27. The standard InChI is InChI=1S/C13H15N3O2/c1-8-2-3-11-10(4-8)12(17)16(13(18)15-11)7-9-5-14-6-9/h2-4,9,14H,5-7H2,1H3,(H,15,18). The Hall–Kier alpha value is -1.88. The van der Waals surface area contributed by atoms with Crippen molar-refractivity contribution in [1.82, 2.24) is 14.9 Å². The molecule has 1 aromatic heterocycles. The van der Waals surface area contributed by atoms with Gasteiger partial charge >= 0.3 is 5.69 Å². The molecule has 0 radical (unpaired) electrons. The number of aromatic amines is 1. The molecule has 1 aliphatic rings. The normalized spacial score (nSPS) is 15.8. The van der Waals surface area contributed by atoms with E-state index in [2.05, 4.69) is 10.3 Å². The molecule has 0 unspecified atom stereocenters. The van der Waals surface area contributed by atoms with Crippen molar-refractivity contribution in [3.8, 4) is 0 Å².